The van der Waals surface area contributed by atoms with Crippen LogP contribution in [0.1, 0.15) is 27.7 Å². The lowest BCUT2D eigenvalue weighted by Crippen LogP contribution is -2.48. The third-order valence-corrected chi connectivity index (χ3v) is 6.30. The normalized spacial score (nSPS) is 19.4. The van der Waals surface area contributed by atoms with E-state index in [-0.39, 0.29) is 25.3 Å². The first-order valence-electron chi connectivity index (χ1n) is 9.84. The summed E-state index contributed by atoms with van der Waals surface area (Å²) in [6, 6.07) is 21.2. The molecule has 28 heavy (non-hydrogen) atoms. The zero-order chi connectivity index (χ0) is 19.5. The Bertz CT molecular complexity index is 993. The van der Waals surface area contributed by atoms with Crippen molar-refractivity contribution in [2.45, 2.75) is 38.9 Å². The summed E-state index contributed by atoms with van der Waals surface area (Å²) in [5.41, 5.74) is 3.88. The molecule has 2 aliphatic heterocycles. The van der Waals surface area contributed by atoms with Gasteiger partial charge >= 0.3 is 14.1 Å². The lowest BCUT2D eigenvalue weighted by molar-refractivity contribution is 0.00578. The van der Waals surface area contributed by atoms with Crippen LogP contribution >= 0.6 is 0 Å². The molecule has 3 aromatic carbocycles. The van der Waals surface area contributed by atoms with Crippen LogP contribution < -0.4 is 21.4 Å². The molecule has 0 spiro atoms. The largest absolute Gasteiger partial charge is 0.494 e. The SMILES string of the molecule is CC1(C)OB(c2ccc(B3Nc4cccc5cccc(c45)N3)cc2)OC1(C)C. The Morgan fingerprint density at radius 2 is 1.18 bits per heavy atom. The first kappa shape index (κ1) is 17.7. The van der Waals surface area contributed by atoms with Gasteiger partial charge in [0.05, 0.1) is 11.2 Å². The molecule has 2 heterocycles. The lowest BCUT2D eigenvalue weighted by Gasteiger charge is -2.32. The Kier molecular flexibility index (Phi) is 3.80. The van der Waals surface area contributed by atoms with Crippen molar-refractivity contribution in [3.63, 3.8) is 0 Å². The van der Waals surface area contributed by atoms with E-state index >= 15 is 0 Å². The second kappa shape index (κ2) is 6.03. The molecular formula is C22H24B2N2O2. The van der Waals surface area contributed by atoms with E-state index in [9.17, 15) is 0 Å². The maximum atomic E-state index is 6.17. The molecule has 2 N–H and O–H groups in total. The van der Waals surface area contributed by atoms with Crippen LogP contribution in [0.2, 0.25) is 0 Å². The van der Waals surface area contributed by atoms with Crippen molar-refractivity contribution < 1.29 is 9.31 Å². The van der Waals surface area contributed by atoms with Gasteiger partial charge in [-0.2, -0.15) is 0 Å². The fourth-order valence-electron chi connectivity index (χ4n) is 3.92. The summed E-state index contributed by atoms with van der Waals surface area (Å²) in [6.45, 7) is 8.34. The molecule has 0 radical (unpaired) electrons. The molecule has 0 aromatic heterocycles. The van der Waals surface area contributed by atoms with Gasteiger partial charge < -0.3 is 19.8 Å². The van der Waals surface area contributed by atoms with Crippen molar-refractivity contribution in [2.24, 2.45) is 0 Å². The van der Waals surface area contributed by atoms with Gasteiger partial charge in [-0.1, -0.05) is 48.5 Å². The molecular weight excluding hydrogens is 346 g/mol. The number of benzene rings is 3. The molecule has 4 nitrogen and oxygen atoms in total. The maximum absolute atomic E-state index is 6.17. The molecule has 140 valence electrons. The van der Waals surface area contributed by atoms with Crippen LogP contribution in [0.4, 0.5) is 11.4 Å². The van der Waals surface area contributed by atoms with Crippen LogP contribution in [0.15, 0.2) is 60.7 Å². The van der Waals surface area contributed by atoms with Crippen molar-refractivity contribution in [2.75, 3.05) is 10.5 Å². The van der Waals surface area contributed by atoms with Crippen LogP contribution in [-0.2, 0) is 9.31 Å². The van der Waals surface area contributed by atoms with E-state index in [1.807, 2.05) is 0 Å². The van der Waals surface area contributed by atoms with Crippen LogP contribution in [0.3, 0.4) is 0 Å². The summed E-state index contributed by atoms with van der Waals surface area (Å²) < 4.78 is 12.3. The summed E-state index contributed by atoms with van der Waals surface area (Å²) in [5.74, 6) is 0. The highest BCUT2D eigenvalue weighted by Gasteiger charge is 2.51. The minimum absolute atomic E-state index is 0.0212. The van der Waals surface area contributed by atoms with Gasteiger partial charge in [0.15, 0.2) is 0 Å². The number of rotatable bonds is 2. The summed E-state index contributed by atoms with van der Waals surface area (Å²) in [6.07, 6.45) is 0. The average Bonchev–Trinajstić information content (AvgIpc) is 2.90. The van der Waals surface area contributed by atoms with Crippen molar-refractivity contribution in [1.82, 2.24) is 0 Å². The molecule has 2 aliphatic rings. The maximum Gasteiger partial charge on any atom is 0.494 e. The lowest BCUT2D eigenvalue weighted by atomic mass is 9.65. The van der Waals surface area contributed by atoms with Crippen LogP contribution in [0.25, 0.3) is 10.8 Å². The summed E-state index contributed by atoms with van der Waals surface area (Å²) in [7, 11) is -0.333. The highest BCUT2D eigenvalue weighted by Crippen LogP contribution is 2.36. The molecule has 0 unspecified atom stereocenters. The van der Waals surface area contributed by atoms with Gasteiger partial charge in [0, 0.05) is 16.8 Å². The second-order valence-corrected chi connectivity index (χ2v) is 8.69. The summed E-state index contributed by atoms with van der Waals surface area (Å²) >= 11 is 0. The molecule has 0 atom stereocenters. The molecule has 1 saturated heterocycles. The monoisotopic (exact) mass is 370 g/mol. The van der Waals surface area contributed by atoms with Gasteiger partial charge in [0.2, 0.25) is 0 Å². The Hall–Kier alpha value is -2.43. The van der Waals surface area contributed by atoms with Crippen molar-refractivity contribution >= 4 is 47.2 Å². The first-order valence-corrected chi connectivity index (χ1v) is 9.84. The number of hydrogen-bond donors (Lipinski definition) is 2. The topological polar surface area (TPSA) is 42.5 Å². The Morgan fingerprint density at radius 1 is 0.679 bits per heavy atom. The van der Waals surface area contributed by atoms with E-state index in [0.717, 1.165) is 16.8 Å². The minimum atomic E-state index is -0.333. The smallest absolute Gasteiger partial charge is 0.405 e. The number of anilines is 2. The van der Waals surface area contributed by atoms with Gasteiger partial charge in [-0.25, -0.2) is 0 Å². The zero-order valence-corrected chi connectivity index (χ0v) is 16.7. The van der Waals surface area contributed by atoms with E-state index in [2.05, 4.69) is 98.8 Å². The summed E-state index contributed by atoms with van der Waals surface area (Å²) in [4.78, 5) is 0. The highest BCUT2D eigenvalue weighted by atomic mass is 16.7. The van der Waals surface area contributed by atoms with Crippen LogP contribution in [-0.4, -0.2) is 25.3 Å². The Labute approximate surface area is 166 Å². The predicted octanol–water partition coefficient (Wildman–Crippen LogP) is 3.37. The third kappa shape index (κ3) is 2.71. The first-order chi connectivity index (χ1) is 13.3. The van der Waals surface area contributed by atoms with E-state index in [0.29, 0.717) is 0 Å². The zero-order valence-electron chi connectivity index (χ0n) is 16.7. The third-order valence-electron chi connectivity index (χ3n) is 6.30. The fraction of sp³-hybridized carbons (Fsp3) is 0.273. The van der Waals surface area contributed by atoms with Crippen LogP contribution in [0, 0.1) is 0 Å². The standard InChI is InChI=1S/C22H24B2N2O2/c1-21(2)22(3,4)28-24(27-21)17-13-11-16(12-14-17)23-25-18-9-5-7-15-8-6-10-19(26-23)20(15)18/h5-14,25-26H,1-4H3. The Morgan fingerprint density at radius 3 is 1.71 bits per heavy atom. The van der Waals surface area contributed by atoms with E-state index in [1.54, 1.807) is 0 Å². The van der Waals surface area contributed by atoms with Gasteiger partial charge in [-0.05, 0) is 56.1 Å². The molecule has 1 fully saturated rings. The van der Waals surface area contributed by atoms with E-state index in [4.69, 9.17) is 9.31 Å². The van der Waals surface area contributed by atoms with Crippen LogP contribution in [0.5, 0.6) is 0 Å². The molecule has 3 aromatic rings. The highest BCUT2D eigenvalue weighted by molar-refractivity contribution is 6.80. The second-order valence-electron chi connectivity index (χ2n) is 8.69. The van der Waals surface area contributed by atoms with Gasteiger partial charge in [-0.3, -0.25) is 0 Å². The minimum Gasteiger partial charge on any atom is -0.405 e. The molecule has 0 aliphatic carbocycles. The Balaban J connectivity index is 1.40. The predicted molar refractivity (Wildman–Crippen MR) is 119 cm³/mol. The fourth-order valence-corrected chi connectivity index (χ4v) is 3.92. The van der Waals surface area contributed by atoms with E-state index < -0.39 is 0 Å². The number of nitrogens with one attached hydrogen (secondary N) is 2. The molecule has 0 amide bonds. The molecule has 6 heteroatoms. The van der Waals surface area contributed by atoms with Crippen molar-refractivity contribution in [3.05, 3.63) is 60.7 Å². The quantitative estimate of drug-likeness (QED) is 0.679. The molecule has 5 rings (SSSR count). The van der Waals surface area contributed by atoms with Gasteiger partial charge in [0.25, 0.3) is 0 Å². The molecule has 0 saturated carbocycles. The summed E-state index contributed by atoms with van der Waals surface area (Å²) in [5, 5.41) is 9.72. The van der Waals surface area contributed by atoms with Crippen molar-refractivity contribution in [1.29, 1.82) is 0 Å². The average molecular weight is 370 g/mol. The van der Waals surface area contributed by atoms with Gasteiger partial charge in [0.1, 0.15) is 0 Å². The van der Waals surface area contributed by atoms with Crippen molar-refractivity contribution in [3.8, 4) is 0 Å². The van der Waals surface area contributed by atoms with E-state index in [1.165, 1.54) is 16.2 Å². The number of hydrogen-bond acceptors (Lipinski definition) is 4. The van der Waals surface area contributed by atoms with Gasteiger partial charge in [-0.15, -0.1) is 0 Å². The molecule has 0 bridgehead atoms.